The summed E-state index contributed by atoms with van der Waals surface area (Å²) >= 11 is 0. The molecule has 0 unspecified atom stereocenters. The Morgan fingerprint density at radius 1 is 0.862 bits per heavy atom. The maximum Gasteiger partial charge on any atom is 0.312 e. The van der Waals surface area contributed by atoms with Crippen LogP contribution in [-0.2, 0) is 17.9 Å². The molecule has 1 aliphatic rings. The number of nitrogens with one attached hydrogen (secondary N) is 2. The number of hydrogen-bond donors (Lipinski definition) is 3. The van der Waals surface area contributed by atoms with Gasteiger partial charge in [-0.05, 0) is 36.1 Å². The van der Waals surface area contributed by atoms with E-state index in [2.05, 4.69) is 10.6 Å². The Labute approximate surface area is 170 Å². The van der Waals surface area contributed by atoms with Crippen LogP contribution in [0.1, 0.15) is 34.3 Å². The molecule has 2 aromatic carbocycles. The molecule has 0 aromatic heterocycles. The SMILES string of the molecule is NC(=O)NCc1ccc(C(=O)N2CCC(C(=O)NCc3ccccc3)CC2)cc1. The van der Waals surface area contributed by atoms with E-state index in [-0.39, 0.29) is 17.7 Å². The van der Waals surface area contributed by atoms with Gasteiger partial charge in [-0.3, -0.25) is 9.59 Å². The number of carbonyl (C=O) groups is 3. The molecule has 7 heteroatoms. The summed E-state index contributed by atoms with van der Waals surface area (Å²) in [4.78, 5) is 37.7. The van der Waals surface area contributed by atoms with E-state index in [1.54, 1.807) is 29.2 Å². The van der Waals surface area contributed by atoms with Gasteiger partial charge in [0.15, 0.2) is 0 Å². The third-order valence-electron chi connectivity index (χ3n) is 5.13. The molecule has 29 heavy (non-hydrogen) atoms. The van der Waals surface area contributed by atoms with E-state index < -0.39 is 6.03 Å². The van der Waals surface area contributed by atoms with E-state index in [1.807, 2.05) is 30.3 Å². The van der Waals surface area contributed by atoms with Crippen LogP contribution in [0.2, 0.25) is 0 Å². The molecule has 0 atom stereocenters. The Balaban J connectivity index is 1.46. The average molecular weight is 394 g/mol. The molecule has 7 nitrogen and oxygen atoms in total. The van der Waals surface area contributed by atoms with Gasteiger partial charge in [0.25, 0.3) is 5.91 Å². The Hall–Kier alpha value is -3.35. The predicted octanol–water partition coefficient (Wildman–Crippen LogP) is 2.02. The van der Waals surface area contributed by atoms with Crippen molar-refractivity contribution >= 4 is 17.8 Å². The number of rotatable bonds is 6. The number of hydrogen-bond acceptors (Lipinski definition) is 3. The molecule has 1 aliphatic heterocycles. The van der Waals surface area contributed by atoms with E-state index in [9.17, 15) is 14.4 Å². The third kappa shape index (κ3) is 5.81. The molecule has 1 saturated heterocycles. The minimum absolute atomic E-state index is 0.0393. The largest absolute Gasteiger partial charge is 0.352 e. The molecule has 3 rings (SSSR count). The Kier molecular flexibility index (Phi) is 6.84. The molecule has 1 fully saturated rings. The van der Waals surface area contributed by atoms with Gasteiger partial charge in [-0.15, -0.1) is 0 Å². The van der Waals surface area contributed by atoms with E-state index >= 15 is 0 Å². The van der Waals surface area contributed by atoms with Gasteiger partial charge < -0.3 is 21.3 Å². The van der Waals surface area contributed by atoms with Crippen molar-refractivity contribution in [2.75, 3.05) is 13.1 Å². The van der Waals surface area contributed by atoms with Gasteiger partial charge in [0.1, 0.15) is 0 Å². The fraction of sp³-hybridized carbons (Fsp3) is 0.318. The molecule has 0 aliphatic carbocycles. The van der Waals surface area contributed by atoms with Crippen molar-refractivity contribution in [1.29, 1.82) is 0 Å². The first-order valence-corrected chi connectivity index (χ1v) is 9.76. The van der Waals surface area contributed by atoms with Gasteiger partial charge >= 0.3 is 6.03 Å². The molecule has 152 valence electrons. The van der Waals surface area contributed by atoms with Crippen molar-refractivity contribution in [3.63, 3.8) is 0 Å². The van der Waals surface area contributed by atoms with E-state index in [0.717, 1.165) is 11.1 Å². The molecular weight excluding hydrogens is 368 g/mol. The standard InChI is InChI=1S/C22H26N4O3/c23-22(29)25-15-17-6-8-19(9-7-17)21(28)26-12-10-18(11-13-26)20(27)24-14-16-4-2-1-3-5-16/h1-9,18H,10-15H2,(H,24,27)(H3,23,25,29). The summed E-state index contributed by atoms with van der Waals surface area (Å²) in [5.41, 5.74) is 7.60. The molecule has 4 N–H and O–H groups in total. The molecule has 0 spiro atoms. The number of likely N-dealkylation sites (tertiary alicyclic amines) is 1. The quantitative estimate of drug-likeness (QED) is 0.698. The zero-order chi connectivity index (χ0) is 20.6. The number of urea groups is 1. The lowest BCUT2D eigenvalue weighted by atomic mass is 9.95. The molecular formula is C22H26N4O3. The van der Waals surface area contributed by atoms with Gasteiger partial charge in [0, 0.05) is 37.7 Å². The maximum atomic E-state index is 12.7. The first-order valence-electron chi connectivity index (χ1n) is 9.76. The number of benzene rings is 2. The van der Waals surface area contributed by atoms with E-state index in [0.29, 0.717) is 44.6 Å². The lowest BCUT2D eigenvalue weighted by Gasteiger charge is -2.31. The van der Waals surface area contributed by atoms with Crippen molar-refractivity contribution < 1.29 is 14.4 Å². The van der Waals surface area contributed by atoms with Crippen molar-refractivity contribution in [2.24, 2.45) is 11.7 Å². The first-order chi connectivity index (χ1) is 14.0. The Morgan fingerprint density at radius 2 is 1.45 bits per heavy atom. The van der Waals surface area contributed by atoms with Crippen molar-refractivity contribution in [3.05, 3.63) is 71.3 Å². The van der Waals surface area contributed by atoms with Crippen LogP contribution in [0.4, 0.5) is 4.79 Å². The molecule has 4 amide bonds. The number of piperidine rings is 1. The second kappa shape index (κ2) is 9.73. The summed E-state index contributed by atoms with van der Waals surface area (Å²) in [5.74, 6) is -0.0557. The highest BCUT2D eigenvalue weighted by atomic mass is 16.2. The monoisotopic (exact) mass is 394 g/mol. The van der Waals surface area contributed by atoms with Crippen LogP contribution in [0.15, 0.2) is 54.6 Å². The third-order valence-corrected chi connectivity index (χ3v) is 5.13. The number of nitrogens with two attached hydrogens (primary N) is 1. The van der Waals surface area contributed by atoms with Crippen LogP contribution in [0.5, 0.6) is 0 Å². The lowest BCUT2D eigenvalue weighted by molar-refractivity contribution is -0.126. The average Bonchev–Trinajstić information content (AvgIpc) is 2.76. The molecule has 0 radical (unpaired) electrons. The van der Waals surface area contributed by atoms with Crippen molar-refractivity contribution in [2.45, 2.75) is 25.9 Å². The zero-order valence-corrected chi connectivity index (χ0v) is 16.3. The summed E-state index contributed by atoms with van der Waals surface area (Å²) in [6, 6.07) is 16.3. The molecule has 0 saturated carbocycles. The first kappa shape index (κ1) is 20.4. The smallest absolute Gasteiger partial charge is 0.312 e. The summed E-state index contributed by atoms with van der Waals surface area (Å²) in [7, 11) is 0. The zero-order valence-electron chi connectivity index (χ0n) is 16.3. The van der Waals surface area contributed by atoms with E-state index in [1.165, 1.54) is 0 Å². The van der Waals surface area contributed by atoms with Crippen molar-refractivity contribution in [3.8, 4) is 0 Å². The minimum Gasteiger partial charge on any atom is -0.352 e. The number of primary amides is 1. The van der Waals surface area contributed by atoms with Crippen LogP contribution in [0, 0.1) is 5.92 Å². The van der Waals surface area contributed by atoms with Crippen LogP contribution >= 0.6 is 0 Å². The highest BCUT2D eigenvalue weighted by Gasteiger charge is 2.27. The lowest BCUT2D eigenvalue weighted by Crippen LogP contribution is -2.42. The summed E-state index contributed by atoms with van der Waals surface area (Å²) in [5, 5.41) is 5.50. The topological polar surface area (TPSA) is 105 Å². The van der Waals surface area contributed by atoms with Gasteiger partial charge in [0.2, 0.25) is 5.91 Å². The summed E-state index contributed by atoms with van der Waals surface area (Å²) in [6.07, 6.45) is 1.32. The fourth-order valence-corrected chi connectivity index (χ4v) is 3.41. The Morgan fingerprint density at radius 3 is 2.07 bits per heavy atom. The van der Waals surface area contributed by atoms with Crippen LogP contribution < -0.4 is 16.4 Å². The number of amides is 4. The molecule has 2 aromatic rings. The fourth-order valence-electron chi connectivity index (χ4n) is 3.41. The van der Waals surface area contributed by atoms with Gasteiger partial charge in [-0.2, -0.15) is 0 Å². The second-order valence-electron chi connectivity index (χ2n) is 7.18. The second-order valence-corrected chi connectivity index (χ2v) is 7.18. The van der Waals surface area contributed by atoms with Gasteiger partial charge in [-0.25, -0.2) is 4.79 Å². The van der Waals surface area contributed by atoms with Gasteiger partial charge in [-0.1, -0.05) is 42.5 Å². The van der Waals surface area contributed by atoms with Crippen LogP contribution in [0.3, 0.4) is 0 Å². The normalized spacial score (nSPS) is 14.3. The maximum absolute atomic E-state index is 12.7. The Bertz CT molecular complexity index is 844. The highest BCUT2D eigenvalue weighted by molar-refractivity contribution is 5.94. The number of nitrogens with zero attached hydrogens (tertiary/aromatic N) is 1. The van der Waals surface area contributed by atoms with Crippen molar-refractivity contribution in [1.82, 2.24) is 15.5 Å². The molecule has 1 heterocycles. The van der Waals surface area contributed by atoms with Crippen LogP contribution in [-0.4, -0.2) is 35.8 Å². The van der Waals surface area contributed by atoms with Crippen LogP contribution in [0.25, 0.3) is 0 Å². The predicted molar refractivity (Wildman–Crippen MR) is 110 cm³/mol. The molecule has 0 bridgehead atoms. The number of carbonyl (C=O) groups excluding carboxylic acids is 3. The summed E-state index contributed by atoms with van der Waals surface area (Å²) < 4.78 is 0. The highest BCUT2D eigenvalue weighted by Crippen LogP contribution is 2.20. The summed E-state index contributed by atoms with van der Waals surface area (Å²) in [6.45, 7) is 1.98. The van der Waals surface area contributed by atoms with E-state index in [4.69, 9.17) is 5.73 Å². The van der Waals surface area contributed by atoms with Gasteiger partial charge in [0.05, 0.1) is 0 Å². The minimum atomic E-state index is -0.583.